The van der Waals surface area contributed by atoms with Crippen LogP contribution in [0.25, 0.3) is 22.2 Å². The number of hydrogen-bond donors (Lipinski definition) is 0. The van der Waals surface area contributed by atoms with Crippen LogP contribution in [0.15, 0.2) is 42.7 Å². The molecule has 1 aromatic carbocycles. The first-order valence-electron chi connectivity index (χ1n) is 10.1. The molecule has 5 nitrogen and oxygen atoms in total. The molecule has 0 spiro atoms. The van der Waals surface area contributed by atoms with Gasteiger partial charge < -0.3 is 14.0 Å². The second kappa shape index (κ2) is 8.92. The van der Waals surface area contributed by atoms with Crippen molar-refractivity contribution in [1.29, 1.82) is 0 Å². The van der Waals surface area contributed by atoms with Gasteiger partial charge in [-0.25, -0.2) is 4.79 Å². The van der Waals surface area contributed by atoms with Gasteiger partial charge in [0, 0.05) is 38.0 Å². The summed E-state index contributed by atoms with van der Waals surface area (Å²) in [5, 5.41) is 1.09. The number of rotatable bonds is 8. The van der Waals surface area contributed by atoms with Crippen molar-refractivity contribution < 1.29 is 14.3 Å². The van der Waals surface area contributed by atoms with E-state index >= 15 is 0 Å². The smallest absolute Gasteiger partial charge is 0.338 e. The Labute approximate surface area is 173 Å². The second-order valence-electron chi connectivity index (χ2n) is 8.48. The molecule has 3 rings (SSSR count). The van der Waals surface area contributed by atoms with Crippen molar-refractivity contribution >= 4 is 24.9 Å². The SMILES string of the molecule is CCOC(=O)c1ccc(-c2ncc(C)c3c2ccn3COCC[Si](C)(C)C)cc1. The Bertz CT molecular complexity index is 988. The molecule has 0 aliphatic carbocycles. The molecule has 154 valence electrons. The first-order chi connectivity index (χ1) is 13.8. The van der Waals surface area contributed by atoms with Gasteiger partial charge in [0.1, 0.15) is 6.73 Å². The van der Waals surface area contributed by atoms with E-state index in [0.29, 0.717) is 18.9 Å². The summed E-state index contributed by atoms with van der Waals surface area (Å²) in [6.45, 7) is 12.7. The molecule has 0 fully saturated rings. The Morgan fingerprint density at radius 2 is 1.86 bits per heavy atom. The van der Waals surface area contributed by atoms with Crippen LogP contribution < -0.4 is 0 Å². The van der Waals surface area contributed by atoms with Gasteiger partial charge in [0.2, 0.25) is 0 Å². The lowest BCUT2D eigenvalue weighted by Crippen LogP contribution is -2.22. The van der Waals surface area contributed by atoms with E-state index in [0.717, 1.165) is 40.4 Å². The Hall–Kier alpha value is -2.44. The van der Waals surface area contributed by atoms with Crippen LogP contribution in [0.3, 0.4) is 0 Å². The normalized spacial score (nSPS) is 11.8. The van der Waals surface area contributed by atoms with E-state index in [9.17, 15) is 4.79 Å². The van der Waals surface area contributed by atoms with E-state index in [1.807, 2.05) is 18.3 Å². The summed E-state index contributed by atoms with van der Waals surface area (Å²) in [4.78, 5) is 16.6. The predicted octanol–water partition coefficient (Wildman–Crippen LogP) is 5.50. The third kappa shape index (κ3) is 5.13. The van der Waals surface area contributed by atoms with Crippen molar-refractivity contribution in [2.75, 3.05) is 13.2 Å². The molecule has 0 amide bonds. The van der Waals surface area contributed by atoms with Gasteiger partial charge in [-0.05, 0) is 43.7 Å². The maximum atomic E-state index is 11.9. The molecular weight excluding hydrogens is 380 g/mol. The number of ether oxygens (including phenoxy) is 2. The van der Waals surface area contributed by atoms with Gasteiger partial charge in [0.15, 0.2) is 0 Å². The third-order valence-corrected chi connectivity index (χ3v) is 6.58. The van der Waals surface area contributed by atoms with Crippen LogP contribution in [-0.2, 0) is 16.2 Å². The van der Waals surface area contributed by atoms with Crippen molar-refractivity contribution in [2.24, 2.45) is 0 Å². The first-order valence-corrected chi connectivity index (χ1v) is 13.8. The fourth-order valence-corrected chi connectivity index (χ4v) is 4.01. The molecule has 3 aromatic rings. The molecule has 29 heavy (non-hydrogen) atoms. The molecular formula is C23H30N2O3Si. The van der Waals surface area contributed by atoms with Crippen LogP contribution in [0.1, 0.15) is 22.8 Å². The van der Waals surface area contributed by atoms with Gasteiger partial charge in [0.05, 0.1) is 23.4 Å². The Balaban J connectivity index is 1.84. The summed E-state index contributed by atoms with van der Waals surface area (Å²) in [6, 6.07) is 10.7. The summed E-state index contributed by atoms with van der Waals surface area (Å²) < 4.78 is 13.2. The Kier molecular flexibility index (Phi) is 6.55. The first kappa shape index (κ1) is 21.3. The van der Waals surface area contributed by atoms with Crippen LogP contribution >= 0.6 is 0 Å². The molecule has 2 aromatic heterocycles. The largest absolute Gasteiger partial charge is 0.462 e. The molecule has 0 N–H and O–H groups in total. The van der Waals surface area contributed by atoms with Crippen molar-refractivity contribution in [2.45, 2.75) is 46.3 Å². The van der Waals surface area contributed by atoms with Crippen LogP contribution in [-0.4, -0.2) is 36.8 Å². The zero-order chi connectivity index (χ0) is 21.0. The molecule has 0 radical (unpaired) electrons. The maximum Gasteiger partial charge on any atom is 0.338 e. The minimum absolute atomic E-state index is 0.303. The number of benzene rings is 1. The number of nitrogens with zero attached hydrogens (tertiary/aromatic N) is 2. The maximum absolute atomic E-state index is 11.9. The number of aromatic nitrogens is 2. The molecule has 2 heterocycles. The molecule has 0 atom stereocenters. The van der Waals surface area contributed by atoms with Gasteiger partial charge in [-0.1, -0.05) is 31.8 Å². The number of esters is 1. The number of fused-ring (bicyclic) bond motifs is 1. The van der Waals surface area contributed by atoms with Gasteiger partial charge >= 0.3 is 5.97 Å². The molecule has 0 aliphatic rings. The summed E-state index contributed by atoms with van der Waals surface area (Å²) in [5.74, 6) is -0.303. The van der Waals surface area contributed by atoms with E-state index in [2.05, 4.69) is 48.4 Å². The van der Waals surface area contributed by atoms with Crippen molar-refractivity contribution in [3.63, 3.8) is 0 Å². The highest BCUT2D eigenvalue weighted by atomic mass is 28.3. The number of hydrogen-bond acceptors (Lipinski definition) is 4. The van der Waals surface area contributed by atoms with E-state index in [4.69, 9.17) is 9.47 Å². The quantitative estimate of drug-likeness (QED) is 0.279. The minimum Gasteiger partial charge on any atom is -0.462 e. The molecule has 0 bridgehead atoms. The van der Waals surface area contributed by atoms with Gasteiger partial charge in [0.25, 0.3) is 0 Å². The Morgan fingerprint density at radius 3 is 2.52 bits per heavy atom. The van der Waals surface area contributed by atoms with Gasteiger partial charge in [-0.15, -0.1) is 0 Å². The van der Waals surface area contributed by atoms with E-state index in [-0.39, 0.29) is 5.97 Å². The molecule has 0 saturated carbocycles. The van der Waals surface area contributed by atoms with E-state index < -0.39 is 8.07 Å². The number of carbonyl (C=O) groups is 1. The monoisotopic (exact) mass is 410 g/mol. The van der Waals surface area contributed by atoms with Gasteiger partial charge in [-0.2, -0.15) is 0 Å². The highest BCUT2D eigenvalue weighted by Gasteiger charge is 2.14. The average Bonchev–Trinajstić information content (AvgIpc) is 3.10. The predicted molar refractivity (Wildman–Crippen MR) is 120 cm³/mol. The average molecular weight is 411 g/mol. The second-order valence-corrected chi connectivity index (χ2v) is 14.1. The van der Waals surface area contributed by atoms with Crippen molar-refractivity contribution in [3.8, 4) is 11.3 Å². The molecule has 0 unspecified atom stereocenters. The lowest BCUT2D eigenvalue weighted by Gasteiger charge is -2.16. The van der Waals surface area contributed by atoms with E-state index in [1.54, 1.807) is 19.1 Å². The van der Waals surface area contributed by atoms with Crippen LogP contribution in [0.5, 0.6) is 0 Å². The number of carbonyl (C=O) groups excluding carboxylic acids is 1. The zero-order valence-corrected chi connectivity index (χ0v) is 19.0. The highest BCUT2D eigenvalue weighted by molar-refractivity contribution is 6.76. The highest BCUT2D eigenvalue weighted by Crippen LogP contribution is 2.30. The number of pyridine rings is 1. The number of aryl methyl sites for hydroxylation is 1. The zero-order valence-electron chi connectivity index (χ0n) is 18.0. The lowest BCUT2D eigenvalue weighted by molar-refractivity contribution is 0.0526. The van der Waals surface area contributed by atoms with E-state index in [1.165, 1.54) is 0 Å². The fraction of sp³-hybridized carbons (Fsp3) is 0.391. The third-order valence-electron chi connectivity index (χ3n) is 4.88. The van der Waals surface area contributed by atoms with Gasteiger partial charge in [-0.3, -0.25) is 4.98 Å². The van der Waals surface area contributed by atoms with Crippen LogP contribution in [0.2, 0.25) is 25.7 Å². The minimum atomic E-state index is -1.09. The summed E-state index contributed by atoms with van der Waals surface area (Å²) in [5.41, 5.74) is 4.68. The lowest BCUT2D eigenvalue weighted by atomic mass is 10.0. The fourth-order valence-electron chi connectivity index (χ4n) is 3.25. The molecule has 0 saturated heterocycles. The Morgan fingerprint density at radius 1 is 1.14 bits per heavy atom. The van der Waals surface area contributed by atoms with Crippen LogP contribution in [0, 0.1) is 6.92 Å². The van der Waals surface area contributed by atoms with Crippen molar-refractivity contribution in [1.82, 2.24) is 9.55 Å². The van der Waals surface area contributed by atoms with Crippen molar-refractivity contribution in [3.05, 3.63) is 53.9 Å². The molecule has 0 aliphatic heterocycles. The molecule has 6 heteroatoms. The van der Waals surface area contributed by atoms with Crippen LogP contribution in [0.4, 0.5) is 0 Å². The summed E-state index contributed by atoms with van der Waals surface area (Å²) >= 11 is 0. The topological polar surface area (TPSA) is 53.3 Å². The summed E-state index contributed by atoms with van der Waals surface area (Å²) in [7, 11) is -1.09. The standard InChI is InChI=1S/C23H30N2O3Si/c1-6-28-23(26)19-9-7-18(8-10-19)21-20-11-12-25(22(20)17(2)15-24-21)16-27-13-14-29(3,4)5/h7-12,15H,6,13-14,16H2,1-5H3. The summed E-state index contributed by atoms with van der Waals surface area (Å²) in [6.07, 6.45) is 3.96.